The average Bonchev–Trinajstić information content (AvgIpc) is 2.75. The highest BCUT2D eigenvalue weighted by molar-refractivity contribution is 5.79. The summed E-state index contributed by atoms with van der Waals surface area (Å²) in [5, 5.41) is 8.71. The Kier molecular flexibility index (Phi) is 5.06. The number of nitrogens with zero attached hydrogens (tertiary/aromatic N) is 5. The first-order valence-electron chi connectivity index (χ1n) is 9.17. The van der Waals surface area contributed by atoms with Crippen LogP contribution in [-0.4, -0.2) is 65.4 Å². The molecule has 0 radical (unpaired) electrons. The third kappa shape index (κ3) is 3.67. The maximum Gasteiger partial charge on any atom is 0.225 e. The van der Waals surface area contributed by atoms with Crippen LogP contribution < -0.4 is 4.90 Å². The number of rotatable bonds is 3. The van der Waals surface area contributed by atoms with Crippen molar-refractivity contribution in [3.8, 4) is 11.3 Å². The summed E-state index contributed by atoms with van der Waals surface area (Å²) in [7, 11) is 0. The molecule has 2 saturated heterocycles. The Bertz CT molecular complexity index is 723. The Morgan fingerprint density at radius 1 is 1.04 bits per heavy atom. The summed E-state index contributed by atoms with van der Waals surface area (Å²) in [5.74, 6) is 1.27. The van der Waals surface area contributed by atoms with Crippen molar-refractivity contribution in [1.29, 1.82) is 0 Å². The minimum atomic E-state index is 0.118. The topological polar surface area (TPSA) is 71.5 Å². The summed E-state index contributed by atoms with van der Waals surface area (Å²) in [6, 6.07) is 7.84. The maximum absolute atomic E-state index is 12.6. The monoisotopic (exact) mass is 353 g/mol. The Balaban J connectivity index is 1.35. The predicted molar refractivity (Wildman–Crippen MR) is 97.6 cm³/mol. The molecule has 2 fully saturated rings. The highest BCUT2D eigenvalue weighted by Gasteiger charge is 2.29. The van der Waals surface area contributed by atoms with Crippen LogP contribution >= 0.6 is 0 Å². The molecule has 1 amide bonds. The van der Waals surface area contributed by atoms with Gasteiger partial charge in [0.2, 0.25) is 5.91 Å². The number of amides is 1. The van der Waals surface area contributed by atoms with Gasteiger partial charge in [-0.25, -0.2) is 0 Å². The maximum atomic E-state index is 12.6. The lowest BCUT2D eigenvalue weighted by atomic mass is 9.95. The highest BCUT2D eigenvalue weighted by atomic mass is 16.5. The van der Waals surface area contributed by atoms with E-state index in [1.54, 1.807) is 12.4 Å². The summed E-state index contributed by atoms with van der Waals surface area (Å²) in [6.07, 6.45) is 5.25. The zero-order valence-corrected chi connectivity index (χ0v) is 14.8. The Labute approximate surface area is 153 Å². The van der Waals surface area contributed by atoms with Gasteiger partial charge in [0.1, 0.15) is 0 Å². The lowest BCUT2D eigenvalue weighted by Crippen LogP contribution is -2.47. The van der Waals surface area contributed by atoms with Crippen LogP contribution in [0.25, 0.3) is 11.3 Å². The summed E-state index contributed by atoms with van der Waals surface area (Å²) >= 11 is 0. The van der Waals surface area contributed by atoms with Crippen LogP contribution in [0, 0.1) is 5.92 Å². The first-order valence-corrected chi connectivity index (χ1v) is 9.17. The number of anilines is 1. The third-order valence-electron chi connectivity index (χ3n) is 5.10. The second-order valence-electron chi connectivity index (χ2n) is 6.72. The van der Waals surface area contributed by atoms with Crippen LogP contribution in [0.15, 0.2) is 36.7 Å². The van der Waals surface area contributed by atoms with E-state index in [1.807, 2.05) is 29.2 Å². The SMILES string of the molecule is O=C(C1CCN(c2ccc(-c3cccnc3)nn2)CC1)N1CCOCC1. The summed E-state index contributed by atoms with van der Waals surface area (Å²) in [4.78, 5) is 20.9. The summed E-state index contributed by atoms with van der Waals surface area (Å²) in [5.41, 5.74) is 1.78. The smallest absolute Gasteiger partial charge is 0.225 e. The number of ether oxygens (including phenoxy) is 1. The van der Waals surface area contributed by atoms with Crippen molar-refractivity contribution in [2.45, 2.75) is 12.8 Å². The van der Waals surface area contributed by atoms with Gasteiger partial charge in [0.25, 0.3) is 0 Å². The second-order valence-corrected chi connectivity index (χ2v) is 6.72. The van der Waals surface area contributed by atoms with Gasteiger partial charge >= 0.3 is 0 Å². The lowest BCUT2D eigenvalue weighted by Gasteiger charge is -2.35. The third-order valence-corrected chi connectivity index (χ3v) is 5.10. The minimum Gasteiger partial charge on any atom is -0.378 e. The van der Waals surface area contributed by atoms with Gasteiger partial charge in [-0.1, -0.05) is 0 Å². The molecular weight excluding hydrogens is 330 g/mol. The van der Waals surface area contributed by atoms with Crippen molar-refractivity contribution < 1.29 is 9.53 Å². The molecule has 26 heavy (non-hydrogen) atoms. The van der Waals surface area contributed by atoms with Gasteiger partial charge in [0.15, 0.2) is 5.82 Å². The fourth-order valence-electron chi connectivity index (χ4n) is 3.56. The van der Waals surface area contributed by atoms with Crippen molar-refractivity contribution in [3.63, 3.8) is 0 Å². The van der Waals surface area contributed by atoms with E-state index in [2.05, 4.69) is 20.1 Å². The summed E-state index contributed by atoms with van der Waals surface area (Å²) < 4.78 is 5.33. The van der Waals surface area contributed by atoms with E-state index < -0.39 is 0 Å². The van der Waals surface area contributed by atoms with Gasteiger partial charge in [0.05, 0.1) is 18.9 Å². The number of aromatic nitrogens is 3. The van der Waals surface area contributed by atoms with E-state index in [9.17, 15) is 4.79 Å². The number of piperidine rings is 1. The van der Waals surface area contributed by atoms with E-state index in [1.165, 1.54) is 0 Å². The predicted octanol–water partition coefficient (Wildman–Crippen LogP) is 1.61. The van der Waals surface area contributed by atoms with Gasteiger partial charge < -0.3 is 14.5 Å². The zero-order chi connectivity index (χ0) is 17.8. The molecule has 2 aromatic heterocycles. The number of carbonyl (C=O) groups excluding carboxylic acids is 1. The van der Waals surface area contributed by atoms with Crippen molar-refractivity contribution in [1.82, 2.24) is 20.1 Å². The number of hydrogen-bond acceptors (Lipinski definition) is 6. The standard InChI is InChI=1S/C19H23N5O2/c25-19(24-10-12-26-13-11-24)15-5-8-23(9-6-15)18-4-3-17(21-22-18)16-2-1-7-20-14-16/h1-4,7,14-15H,5-6,8-13H2. The van der Waals surface area contributed by atoms with Crippen LogP contribution in [0.2, 0.25) is 0 Å². The lowest BCUT2D eigenvalue weighted by molar-refractivity contribution is -0.140. The average molecular weight is 353 g/mol. The molecule has 2 aromatic rings. The normalized spacial score (nSPS) is 18.8. The van der Waals surface area contributed by atoms with Gasteiger partial charge in [-0.05, 0) is 37.1 Å². The van der Waals surface area contributed by atoms with E-state index in [0.29, 0.717) is 13.2 Å². The molecule has 4 rings (SSSR count). The number of morpholine rings is 1. The Morgan fingerprint density at radius 3 is 2.50 bits per heavy atom. The molecule has 0 aliphatic carbocycles. The van der Waals surface area contributed by atoms with Crippen LogP contribution in [0.4, 0.5) is 5.82 Å². The quantitative estimate of drug-likeness (QED) is 0.835. The number of pyridine rings is 1. The molecule has 0 N–H and O–H groups in total. The van der Waals surface area contributed by atoms with Gasteiger partial charge in [-0.3, -0.25) is 9.78 Å². The Morgan fingerprint density at radius 2 is 1.85 bits per heavy atom. The molecule has 2 aliphatic rings. The molecule has 0 aromatic carbocycles. The van der Waals surface area contributed by atoms with Crippen molar-refractivity contribution in [2.24, 2.45) is 5.92 Å². The number of hydrogen-bond donors (Lipinski definition) is 0. The van der Waals surface area contributed by atoms with Crippen molar-refractivity contribution in [2.75, 3.05) is 44.3 Å². The molecule has 0 spiro atoms. The van der Waals surface area contributed by atoms with E-state index in [4.69, 9.17) is 4.74 Å². The van der Waals surface area contributed by atoms with Crippen molar-refractivity contribution in [3.05, 3.63) is 36.7 Å². The van der Waals surface area contributed by atoms with Crippen LogP contribution in [0.5, 0.6) is 0 Å². The van der Waals surface area contributed by atoms with E-state index in [-0.39, 0.29) is 11.8 Å². The molecule has 7 nitrogen and oxygen atoms in total. The molecule has 0 unspecified atom stereocenters. The molecule has 7 heteroatoms. The fourth-order valence-corrected chi connectivity index (χ4v) is 3.56. The largest absolute Gasteiger partial charge is 0.378 e. The summed E-state index contributed by atoms with van der Waals surface area (Å²) in [6.45, 7) is 4.43. The molecule has 0 bridgehead atoms. The molecule has 4 heterocycles. The fraction of sp³-hybridized carbons (Fsp3) is 0.474. The highest BCUT2D eigenvalue weighted by Crippen LogP contribution is 2.24. The first-order chi connectivity index (χ1) is 12.8. The van der Waals surface area contributed by atoms with Gasteiger partial charge in [0, 0.05) is 50.1 Å². The van der Waals surface area contributed by atoms with Gasteiger partial charge in [-0.2, -0.15) is 0 Å². The second kappa shape index (κ2) is 7.78. The molecule has 0 saturated carbocycles. The molecule has 2 aliphatic heterocycles. The van der Waals surface area contributed by atoms with Crippen LogP contribution in [-0.2, 0) is 9.53 Å². The van der Waals surface area contributed by atoms with E-state index >= 15 is 0 Å². The Hall–Kier alpha value is -2.54. The van der Waals surface area contributed by atoms with Gasteiger partial charge in [-0.15, -0.1) is 10.2 Å². The number of carbonyl (C=O) groups is 1. The molecule has 136 valence electrons. The molecule has 0 atom stereocenters. The first kappa shape index (κ1) is 16.9. The molecular formula is C19H23N5O2. The van der Waals surface area contributed by atoms with E-state index in [0.717, 1.165) is 56.1 Å². The zero-order valence-electron chi connectivity index (χ0n) is 14.8. The van der Waals surface area contributed by atoms with Crippen molar-refractivity contribution >= 4 is 11.7 Å². The minimum absolute atomic E-state index is 0.118. The van der Waals surface area contributed by atoms with Crippen LogP contribution in [0.3, 0.4) is 0 Å². The van der Waals surface area contributed by atoms with Crippen LogP contribution in [0.1, 0.15) is 12.8 Å².